The summed E-state index contributed by atoms with van der Waals surface area (Å²) < 4.78 is 0. The fraction of sp³-hybridized carbons (Fsp3) is 0.450. The maximum Gasteiger partial charge on any atom is 0.306 e. The van der Waals surface area contributed by atoms with Crippen molar-refractivity contribution in [3.8, 4) is 5.75 Å². The van der Waals surface area contributed by atoms with Crippen LogP contribution in [0, 0.1) is 12.8 Å². The van der Waals surface area contributed by atoms with Crippen LogP contribution in [0.15, 0.2) is 24.3 Å². The molecule has 3 nitrogen and oxygen atoms in total. The Hall–Kier alpha value is -2.03. The number of aliphatic carboxylic acids is 1. The minimum atomic E-state index is -0.737. The Labute approximate surface area is 138 Å². The van der Waals surface area contributed by atoms with E-state index in [0.29, 0.717) is 12.2 Å². The zero-order valence-corrected chi connectivity index (χ0v) is 14.4. The van der Waals surface area contributed by atoms with Crippen molar-refractivity contribution in [3.05, 3.63) is 41.0 Å². The lowest BCUT2D eigenvalue weighted by molar-refractivity contribution is -0.141. The van der Waals surface area contributed by atoms with Gasteiger partial charge in [-0.3, -0.25) is 4.79 Å². The highest BCUT2D eigenvalue weighted by molar-refractivity contribution is 5.89. The average molecular weight is 314 g/mol. The molecule has 1 atom stereocenters. The number of hydrogen-bond donors (Lipinski definition) is 2. The van der Waals surface area contributed by atoms with Gasteiger partial charge in [0.05, 0.1) is 5.92 Å². The minimum absolute atomic E-state index is 0.278. The molecule has 2 N–H and O–H groups in total. The van der Waals surface area contributed by atoms with Crippen molar-refractivity contribution < 1.29 is 15.0 Å². The van der Waals surface area contributed by atoms with Crippen molar-refractivity contribution in [1.29, 1.82) is 0 Å². The van der Waals surface area contributed by atoms with Gasteiger partial charge in [-0.15, -0.1) is 0 Å². The number of aromatic hydroxyl groups is 1. The fourth-order valence-corrected chi connectivity index (χ4v) is 3.05. The largest absolute Gasteiger partial charge is 0.508 e. The zero-order chi connectivity index (χ0) is 17.1. The van der Waals surface area contributed by atoms with Gasteiger partial charge in [-0.2, -0.15) is 0 Å². The van der Waals surface area contributed by atoms with Crippen LogP contribution < -0.4 is 0 Å². The van der Waals surface area contributed by atoms with Gasteiger partial charge in [-0.05, 0) is 71.7 Å². The summed E-state index contributed by atoms with van der Waals surface area (Å²) in [5.41, 5.74) is 3.37. The summed E-state index contributed by atoms with van der Waals surface area (Å²) in [6.45, 7) is 7.97. The predicted octanol–water partition coefficient (Wildman–Crippen LogP) is 5.02. The molecule has 1 unspecified atom stereocenters. The van der Waals surface area contributed by atoms with Crippen molar-refractivity contribution in [2.45, 2.75) is 52.9 Å². The van der Waals surface area contributed by atoms with E-state index in [0.717, 1.165) is 29.2 Å². The molecule has 0 aromatic heterocycles. The second-order valence-electron chi connectivity index (χ2n) is 6.78. The Morgan fingerprint density at radius 3 is 2.48 bits per heavy atom. The molecular formula is C20H26O3. The van der Waals surface area contributed by atoms with Crippen LogP contribution in [0.1, 0.15) is 56.2 Å². The lowest BCUT2D eigenvalue weighted by Gasteiger charge is -2.15. The molecule has 0 saturated carbocycles. The summed E-state index contributed by atoms with van der Waals surface area (Å²) >= 11 is 0. The summed E-state index contributed by atoms with van der Waals surface area (Å²) in [5.74, 6) is -0.427. The van der Waals surface area contributed by atoms with Crippen LogP contribution in [0.3, 0.4) is 0 Å². The molecule has 0 aliphatic carbocycles. The molecule has 0 bridgehead atoms. The summed E-state index contributed by atoms with van der Waals surface area (Å²) in [6.07, 6.45) is 2.34. The van der Waals surface area contributed by atoms with E-state index < -0.39 is 5.97 Å². The molecule has 2 rings (SSSR count). The highest BCUT2D eigenvalue weighted by atomic mass is 16.4. The zero-order valence-electron chi connectivity index (χ0n) is 14.4. The van der Waals surface area contributed by atoms with Crippen LogP contribution >= 0.6 is 0 Å². The van der Waals surface area contributed by atoms with Gasteiger partial charge in [0.25, 0.3) is 0 Å². The maximum atomic E-state index is 10.9. The van der Waals surface area contributed by atoms with Gasteiger partial charge < -0.3 is 10.2 Å². The number of carboxylic acids is 1. The van der Waals surface area contributed by atoms with Crippen molar-refractivity contribution >= 4 is 16.7 Å². The molecule has 0 fully saturated rings. The third-order valence-corrected chi connectivity index (χ3v) is 4.62. The van der Waals surface area contributed by atoms with Gasteiger partial charge in [-0.25, -0.2) is 0 Å². The number of aryl methyl sites for hydroxylation is 2. The van der Waals surface area contributed by atoms with E-state index in [1.165, 1.54) is 11.1 Å². The summed E-state index contributed by atoms with van der Waals surface area (Å²) in [7, 11) is 0. The van der Waals surface area contributed by atoms with Crippen molar-refractivity contribution in [2.75, 3.05) is 0 Å². The quantitative estimate of drug-likeness (QED) is 0.787. The van der Waals surface area contributed by atoms with Gasteiger partial charge in [-0.1, -0.05) is 32.9 Å². The Bertz CT molecular complexity index is 716. The first-order valence-electron chi connectivity index (χ1n) is 8.29. The van der Waals surface area contributed by atoms with Crippen molar-refractivity contribution in [2.24, 2.45) is 5.92 Å². The summed E-state index contributed by atoms with van der Waals surface area (Å²) in [6, 6.07) is 8.14. The lowest BCUT2D eigenvalue weighted by Crippen LogP contribution is -2.09. The number of benzene rings is 2. The molecule has 3 heteroatoms. The number of carbonyl (C=O) groups is 1. The second kappa shape index (κ2) is 7.03. The second-order valence-corrected chi connectivity index (χ2v) is 6.78. The summed E-state index contributed by atoms with van der Waals surface area (Å²) in [4.78, 5) is 10.9. The van der Waals surface area contributed by atoms with E-state index in [4.69, 9.17) is 5.11 Å². The van der Waals surface area contributed by atoms with E-state index in [1.807, 2.05) is 6.07 Å². The molecule has 124 valence electrons. The Morgan fingerprint density at radius 1 is 1.17 bits per heavy atom. The first-order valence-corrected chi connectivity index (χ1v) is 8.29. The number of hydrogen-bond acceptors (Lipinski definition) is 2. The smallest absolute Gasteiger partial charge is 0.306 e. The van der Waals surface area contributed by atoms with Gasteiger partial charge >= 0.3 is 5.97 Å². The third kappa shape index (κ3) is 3.84. The highest BCUT2D eigenvalue weighted by Crippen LogP contribution is 2.33. The molecular weight excluding hydrogens is 288 g/mol. The van der Waals surface area contributed by atoms with Crippen LogP contribution in [-0.4, -0.2) is 16.2 Å². The molecule has 0 heterocycles. The maximum absolute atomic E-state index is 10.9. The van der Waals surface area contributed by atoms with E-state index in [2.05, 4.69) is 39.0 Å². The third-order valence-electron chi connectivity index (χ3n) is 4.62. The van der Waals surface area contributed by atoms with Gasteiger partial charge in [0.1, 0.15) is 5.75 Å². The fourth-order valence-electron chi connectivity index (χ4n) is 3.05. The molecule has 0 aliphatic heterocycles. The first-order chi connectivity index (χ1) is 10.8. The average Bonchev–Trinajstić information content (AvgIpc) is 2.48. The number of carboxylic acid groups (broad SMARTS) is 1. The Kier molecular flexibility index (Phi) is 5.30. The van der Waals surface area contributed by atoms with E-state index in [1.54, 1.807) is 6.92 Å². The molecule has 23 heavy (non-hydrogen) atoms. The number of phenols is 1. The van der Waals surface area contributed by atoms with Gasteiger partial charge in [0.15, 0.2) is 0 Å². The number of rotatable bonds is 6. The van der Waals surface area contributed by atoms with Crippen molar-refractivity contribution in [3.63, 3.8) is 0 Å². The van der Waals surface area contributed by atoms with Crippen LogP contribution in [-0.2, 0) is 11.2 Å². The summed E-state index contributed by atoms with van der Waals surface area (Å²) in [5, 5.41) is 21.5. The minimum Gasteiger partial charge on any atom is -0.508 e. The first kappa shape index (κ1) is 17.3. The standard InChI is InChI=1S/C20H26O3/c1-12(2)17-10-15-9-8-13(3)16(18(15)11-19(17)21)7-5-6-14(4)20(22)23/h8-12,14,21H,5-7H2,1-4H3,(H,22,23). The number of phenolic OH excluding ortho intramolecular Hbond substituents is 1. The van der Waals surface area contributed by atoms with Crippen LogP contribution in [0.5, 0.6) is 5.75 Å². The molecule has 0 saturated heterocycles. The SMILES string of the molecule is Cc1ccc2cc(C(C)C)c(O)cc2c1CCCC(C)C(=O)O. The molecule has 0 spiro atoms. The predicted molar refractivity (Wildman–Crippen MR) is 94.2 cm³/mol. The topological polar surface area (TPSA) is 57.5 Å². The molecule has 0 aliphatic rings. The highest BCUT2D eigenvalue weighted by Gasteiger charge is 2.13. The van der Waals surface area contributed by atoms with E-state index in [-0.39, 0.29) is 11.8 Å². The molecule has 0 amide bonds. The van der Waals surface area contributed by atoms with Crippen molar-refractivity contribution in [1.82, 2.24) is 0 Å². The Balaban J connectivity index is 2.33. The monoisotopic (exact) mass is 314 g/mol. The van der Waals surface area contributed by atoms with Gasteiger partial charge in [0.2, 0.25) is 0 Å². The Morgan fingerprint density at radius 2 is 1.87 bits per heavy atom. The number of fused-ring (bicyclic) bond motifs is 1. The lowest BCUT2D eigenvalue weighted by atomic mass is 9.91. The molecule has 0 radical (unpaired) electrons. The van der Waals surface area contributed by atoms with E-state index in [9.17, 15) is 9.90 Å². The van der Waals surface area contributed by atoms with Crippen LogP contribution in [0.2, 0.25) is 0 Å². The van der Waals surface area contributed by atoms with Crippen LogP contribution in [0.4, 0.5) is 0 Å². The molecule has 2 aromatic carbocycles. The van der Waals surface area contributed by atoms with E-state index >= 15 is 0 Å². The normalized spacial score (nSPS) is 12.7. The van der Waals surface area contributed by atoms with Gasteiger partial charge in [0, 0.05) is 0 Å². The molecule has 2 aromatic rings. The van der Waals surface area contributed by atoms with Crippen LogP contribution in [0.25, 0.3) is 10.8 Å².